The molecular formula is C11H13N3O. The predicted molar refractivity (Wildman–Crippen MR) is 56.0 cm³/mol. The van der Waals surface area contributed by atoms with E-state index in [2.05, 4.69) is 22.4 Å². The average molecular weight is 203 g/mol. The Labute approximate surface area is 88.3 Å². The van der Waals surface area contributed by atoms with Crippen LogP contribution in [0.1, 0.15) is 24.1 Å². The van der Waals surface area contributed by atoms with Crippen LogP contribution in [-0.2, 0) is 6.54 Å². The Bertz CT molecular complexity index is 385. The zero-order valence-electron chi connectivity index (χ0n) is 8.55. The first-order chi connectivity index (χ1) is 7.36. The SMILES string of the molecule is CC(NCc1cnoc1)c1ccncc1. The van der Waals surface area contributed by atoms with Crippen LogP contribution >= 0.6 is 0 Å². The molecule has 1 unspecified atom stereocenters. The number of aromatic nitrogens is 2. The number of hydrogen-bond donors (Lipinski definition) is 1. The van der Waals surface area contributed by atoms with E-state index in [1.807, 2.05) is 12.1 Å². The minimum absolute atomic E-state index is 0.294. The van der Waals surface area contributed by atoms with Gasteiger partial charge in [0.1, 0.15) is 6.26 Å². The molecule has 4 heteroatoms. The third-order valence-corrected chi connectivity index (χ3v) is 2.30. The van der Waals surface area contributed by atoms with Crippen LogP contribution in [-0.4, -0.2) is 10.1 Å². The summed E-state index contributed by atoms with van der Waals surface area (Å²) in [5, 5.41) is 7.02. The molecular weight excluding hydrogens is 190 g/mol. The van der Waals surface area contributed by atoms with Gasteiger partial charge in [-0.3, -0.25) is 4.98 Å². The Hall–Kier alpha value is -1.68. The summed E-state index contributed by atoms with van der Waals surface area (Å²) in [6, 6.07) is 4.30. The topological polar surface area (TPSA) is 51.0 Å². The van der Waals surface area contributed by atoms with Crippen molar-refractivity contribution in [2.24, 2.45) is 0 Å². The molecule has 4 nitrogen and oxygen atoms in total. The summed E-state index contributed by atoms with van der Waals surface area (Å²) in [5.74, 6) is 0. The van der Waals surface area contributed by atoms with E-state index >= 15 is 0 Å². The zero-order chi connectivity index (χ0) is 10.5. The first-order valence-corrected chi connectivity index (χ1v) is 4.88. The second kappa shape index (κ2) is 4.70. The standard InChI is InChI=1S/C11H13N3O/c1-9(11-2-4-12-5-3-11)13-6-10-7-14-15-8-10/h2-5,7-9,13H,6H2,1H3. The van der Waals surface area contributed by atoms with E-state index in [1.165, 1.54) is 5.56 Å². The molecule has 0 saturated heterocycles. The zero-order valence-corrected chi connectivity index (χ0v) is 8.55. The molecule has 78 valence electrons. The lowest BCUT2D eigenvalue weighted by Gasteiger charge is -2.12. The fourth-order valence-corrected chi connectivity index (χ4v) is 1.35. The van der Waals surface area contributed by atoms with E-state index in [4.69, 9.17) is 4.52 Å². The van der Waals surface area contributed by atoms with Gasteiger partial charge in [-0.05, 0) is 24.6 Å². The van der Waals surface area contributed by atoms with Gasteiger partial charge in [0.2, 0.25) is 0 Å². The van der Waals surface area contributed by atoms with Crippen molar-refractivity contribution in [3.63, 3.8) is 0 Å². The van der Waals surface area contributed by atoms with Gasteiger partial charge in [-0.1, -0.05) is 5.16 Å². The van der Waals surface area contributed by atoms with Crippen LogP contribution in [0.25, 0.3) is 0 Å². The maximum atomic E-state index is 4.75. The molecule has 0 bridgehead atoms. The van der Waals surface area contributed by atoms with Crippen LogP contribution in [0.2, 0.25) is 0 Å². The summed E-state index contributed by atoms with van der Waals surface area (Å²) >= 11 is 0. The third kappa shape index (κ3) is 2.63. The quantitative estimate of drug-likeness (QED) is 0.824. The summed E-state index contributed by atoms with van der Waals surface area (Å²) in [5.41, 5.74) is 2.28. The smallest absolute Gasteiger partial charge is 0.128 e. The highest BCUT2D eigenvalue weighted by atomic mass is 16.5. The number of nitrogens with one attached hydrogen (secondary N) is 1. The van der Waals surface area contributed by atoms with Crippen molar-refractivity contribution in [1.82, 2.24) is 15.5 Å². The molecule has 2 heterocycles. The van der Waals surface area contributed by atoms with Crippen LogP contribution in [0.3, 0.4) is 0 Å². The molecule has 0 aromatic carbocycles. The Balaban J connectivity index is 1.90. The van der Waals surface area contributed by atoms with E-state index in [1.54, 1.807) is 24.9 Å². The highest BCUT2D eigenvalue weighted by Crippen LogP contribution is 2.10. The minimum Gasteiger partial charge on any atom is -0.364 e. The summed E-state index contributed by atoms with van der Waals surface area (Å²) in [4.78, 5) is 3.99. The Kier molecular flexibility index (Phi) is 3.09. The summed E-state index contributed by atoms with van der Waals surface area (Å²) in [7, 11) is 0. The second-order valence-electron chi connectivity index (χ2n) is 3.42. The molecule has 0 aliphatic rings. The summed E-state index contributed by atoms with van der Waals surface area (Å²) in [6.07, 6.45) is 6.96. The molecule has 2 rings (SSSR count). The van der Waals surface area contributed by atoms with Crippen molar-refractivity contribution in [3.8, 4) is 0 Å². The molecule has 0 saturated carbocycles. The van der Waals surface area contributed by atoms with Gasteiger partial charge in [0.05, 0.1) is 6.20 Å². The number of rotatable bonds is 4. The molecule has 0 spiro atoms. The van der Waals surface area contributed by atoms with Gasteiger partial charge >= 0.3 is 0 Å². The second-order valence-corrected chi connectivity index (χ2v) is 3.42. The molecule has 2 aromatic heterocycles. The number of nitrogens with zero attached hydrogens (tertiary/aromatic N) is 2. The van der Waals surface area contributed by atoms with Crippen LogP contribution in [0.5, 0.6) is 0 Å². The van der Waals surface area contributed by atoms with E-state index in [0.29, 0.717) is 6.04 Å². The predicted octanol–water partition coefficient (Wildman–Crippen LogP) is 1.92. The Morgan fingerprint density at radius 1 is 1.40 bits per heavy atom. The molecule has 1 N–H and O–H groups in total. The largest absolute Gasteiger partial charge is 0.364 e. The van der Waals surface area contributed by atoms with Crippen molar-refractivity contribution in [3.05, 3.63) is 48.1 Å². The third-order valence-electron chi connectivity index (χ3n) is 2.30. The molecule has 0 radical (unpaired) electrons. The maximum Gasteiger partial charge on any atom is 0.128 e. The molecule has 2 aromatic rings. The minimum atomic E-state index is 0.294. The van der Waals surface area contributed by atoms with Gasteiger partial charge in [0.25, 0.3) is 0 Å². The van der Waals surface area contributed by atoms with Crippen LogP contribution in [0, 0.1) is 0 Å². The Morgan fingerprint density at radius 2 is 2.20 bits per heavy atom. The number of hydrogen-bond acceptors (Lipinski definition) is 4. The molecule has 15 heavy (non-hydrogen) atoms. The van der Waals surface area contributed by atoms with Gasteiger partial charge in [-0.25, -0.2) is 0 Å². The van der Waals surface area contributed by atoms with Gasteiger partial charge < -0.3 is 9.84 Å². The van der Waals surface area contributed by atoms with Crippen molar-refractivity contribution < 1.29 is 4.52 Å². The van der Waals surface area contributed by atoms with E-state index in [9.17, 15) is 0 Å². The first kappa shape index (κ1) is 9.86. The number of pyridine rings is 1. The summed E-state index contributed by atoms with van der Waals surface area (Å²) < 4.78 is 4.75. The van der Waals surface area contributed by atoms with Crippen molar-refractivity contribution in [2.75, 3.05) is 0 Å². The maximum absolute atomic E-state index is 4.75. The molecule has 0 amide bonds. The van der Waals surface area contributed by atoms with Crippen LogP contribution in [0.15, 0.2) is 41.5 Å². The van der Waals surface area contributed by atoms with Gasteiger partial charge in [0, 0.05) is 30.5 Å². The lowest BCUT2D eigenvalue weighted by atomic mass is 10.1. The van der Waals surface area contributed by atoms with Crippen LogP contribution in [0.4, 0.5) is 0 Å². The highest BCUT2D eigenvalue weighted by molar-refractivity contribution is 5.14. The lowest BCUT2D eigenvalue weighted by Crippen LogP contribution is -2.17. The molecule has 0 fully saturated rings. The van der Waals surface area contributed by atoms with Crippen molar-refractivity contribution in [2.45, 2.75) is 19.5 Å². The fraction of sp³-hybridized carbons (Fsp3) is 0.273. The fourth-order valence-electron chi connectivity index (χ4n) is 1.35. The Morgan fingerprint density at radius 3 is 2.87 bits per heavy atom. The lowest BCUT2D eigenvalue weighted by molar-refractivity contribution is 0.418. The molecule has 0 aliphatic carbocycles. The normalized spacial score (nSPS) is 12.6. The molecule has 0 aliphatic heterocycles. The highest BCUT2D eigenvalue weighted by Gasteiger charge is 2.04. The first-order valence-electron chi connectivity index (χ1n) is 4.88. The van der Waals surface area contributed by atoms with Gasteiger partial charge in [-0.15, -0.1) is 0 Å². The van der Waals surface area contributed by atoms with Gasteiger partial charge in [-0.2, -0.15) is 0 Å². The van der Waals surface area contributed by atoms with E-state index in [0.717, 1.165) is 12.1 Å². The van der Waals surface area contributed by atoms with E-state index in [-0.39, 0.29) is 0 Å². The monoisotopic (exact) mass is 203 g/mol. The van der Waals surface area contributed by atoms with Crippen molar-refractivity contribution in [1.29, 1.82) is 0 Å². The van der Waals surface area contributed by atoms with Crippen molar-refractivity contribution >= 4 is 0 Å². The van der Waals surface area contributed by atoms with Gasteiger partial charge in [0.15, 0.2) is 0 Å². The molecule has 1 atom stereocenters. The van der Waals surface area contributed by atoms with E-state index < -0.39 is 0 Å². The van der Waals surface area contributed by atoms with Crippen LogP contribution < -0.4 is 5.32 Å². The average Bonchev–Trinajstić information content (AvgIpc) is 2.80. The summed E-state index contributed by atoms with van der Waals surface area (Å²) in [6.45, 7) is 2.87.